The molecule has 0 saturated heterocycles. The number of aromatic nitrogens is 7. The fraction of sp³-hybridized carbons (Fsp3) is 0.517. The molecule has 0 unspecified atom stereocenters. The highest BCUT2D eigenvalue weighted by Gasteiger charge is 2.21. The van der Waals surface area contributed by atoms with Gasteiger partial charge in [-0.1, -0.05) is 61.5 Å². The number of nitrogens with one attached hydrogen (secondary N) is 1. The number of H-pyrrole nitrogens is 1. The van der Waals surface area contributed by atoms with Crippen LogP contribution in [0.25, 0.3) is 11.0 Å². The van der Waals surface area contributed by atoms with Gasteiger partial charge in [0.15, 0.2) is 5.65 Å². The molecule has 9 heteroatoms. The van der Waals surface area contributed by atoms with Crippen LogP contribution < -0.4 is 5.56 Å². The summed E-state index contributed by atoms with van der Waals surface area (Å²) in [5.74, 6) is 4.74. The van der Waals surface area contributed by atoms with E-state index in [4.69, 9.17) is 0 Å². The molecule has 0 aromatic carbocycles. The largest absolute Gasteiger partial charge is 0.275 e. The van der Waals surface area contributed by atoms with Gasteiger partial charge in [0, 0.05) is 35.4 Å². The van der Waals surface area contributed by atoms with Crippen LogP contribution in [-0.2, 0) is 18.1 Å². The Morgan fingerprint density at radius 3 is 2.26 bits per heavy atom. The molecule has 0 aliphatic carbocycles. The molecule has 5 heterocycles. The van der Waals surface area contributed by atoms with Crippen molar-refractivity contribution < 1.29 is 0 Å². The molecule has 0 fully saturated rings. The highest BCUT2D eigenvalue weighted by Crippen LogP contribution is 2.33. The molecule has 1 aliphatic rings. The first-order chi connectivity index (χ1) is 18.2. The zero-order chi connectivity index (χ0) is 28.0. The van der Waals surface area contributed by atoms with Crippen LogP contribution in [0.2, 0.25) is 0 Å². The number of thioether (sulfide) groups is 1. The minimum atomic E-state index is -0.136. The zero-order valence-electron chi connectivity index (χ0n) is 24.2. The number of hydrogen-bond acceptors (Lipinski definition) is 7. The van der Waals surface area contributed by atoms with Crippen LogP contribution in [0.3, 0.4) is 0 Å². The molecule has 5 rings (SSSR count). The van der Waals surface area contributed by atoms with E-state index >= 15 is 0 Å². The van der Waals surface area contributed by atoms with E-state index in [0.717, 1.165) is 34.4 Å². The minimum Gasteiger partial charge on any atom is -0.267 e. The van der Waals surface area contributed by atoms with E-state index in [1.807, 2.05) is 58.5 Å². The average Bonchev–Trinajstić information content (AvgIpc) is 3.49. The summed E-state index contributed by atoms with van der Waals surface area (Å²) in [5.41, 5.74) is 6.27. The van der Waals surface area contributed by atoms with Crippen LogP contribution >= 0.6 is 11.8 Å². The Bertz CT molecular complexity index is 1410. The van der Waals surface area contributed by atoms with Gasteiger partial charge < -0.3 is 0 Å². The third-order valence-corrected chi connectivity index (χ3v) is 7.02. The van der Waals surface area contributed by atoms with E-state index in [-0.39, 0.29) is 17.4 Å². The van der Waals surface area contributed by atoms with Gasteiger partial charge in [0.05, 0.1) is 23.6 Å². The van der Waals surface area contributed by atoms with Gasteiger partial charge in [0.1, 0.15) is 17.0 Å². The third-order valence-electron chi connectivity index (χ3n) is 6.05. The predicted molar refractivity (Wildman–Crippen MR) is 157 cm³/mol. The summed E-state index contributed by atoms with van der Waals surface area (Å²) < 4.78 is 1.79. The maximum absolute atomic E-state index is 12.4. The van der Waals surface area contributed by atoms with Crippen LogP contribution in [0.15, 0.2) is 29.3 Å². The van der Waals surface area contributed by atoms with Crippen molar-refractivity contribution in [2.45, 2.75) is 98.1 Å². The maximum Gasteiger partial charge on any atom is 0.275 e. The van der Waals surface area contributed by atoms with Crippen LogP contribution in [0.1, 0.15) is 113 Å². The van der Waals surface area contributed by atoms with E-state index in [0.29, 0.717) is 23.5 Å². The third kappa shape index (κ3) is 6.67. The molecular weight excluding hydrogens is 494 g/mol. The quantitative estimate of drug-likeness (QED) is 0.311. The summed E-state index contributed by atoms with van der Waals surface area (Å²) >= 11 is 1.94. The van der Waals surface area contributed by atoms with Gasteiger partial charge in [-0.3, -0.25) is 19.6 Å². The van der Waals surface area contributed by atoms with Crippen molar-refractivity contribution in [2.24, 2.45) is 0 Å². The molecule has 0 spiro atoms. The van der Waals surface area contributed by atoms with Gasteiger partial charge in [-0.05, 0) is 30.4 Å². The average molecular weight is 536 g/mol. The normalized spacial score (nSPS) is 12.4. The van der Waals surface area contributed by atoms with E-state index in [1.165, 1.54) is 17.0 Å². The summed E-state index contributed by atoms with van der Waals surface area (Å²) in [6.07, 6.45) is 3.52. The predicted octanol–water partition coefficient (Wildman–Crippen LogP) is 6.49. The molecule has 0 radical (unpaired) electrons. The van der Waals surface area contributed by atoms with Crippen molar-refractivity contribution >= 4 is 22.8 Å². The van der Waals surface area contributed by atoms with Crippen molar-refractivity contribution in [3.8, 4) is 0 Å². The van der Waals surface area contributed by atoms with E-state index in [1.54, 1.807) is 17.1 Å². The molecule has 0 bridgehead atoms. The molecule has 38 heavy (non-hydrogen) atoms. The first kappa shape index (κ1) is 29.5. The zero-order valence-corrected chi connectivity index (χ0v) is 25.0. The number of aromatic amines is 1. The lowest BCUT2D eigenvalue weighted by molar-refractivity contribution is 0.683. The van der Waals surface area contributed by atoms with Crippen molar-refractivity contribution in [3.63, 3.8) is 0 Å². The van der Waals surface area contributed by atoms with Crippen molar-refractivity contribution in [2.75, 3.05) is 0 Å². The lowest BCUT2D eigenvalue weighted by Crippen LogP contribution is -2.08. The van der Waals surface area contributed by atoms with Crippen LogP contribution in [0.5, 0.6) is 0 Å². The summed E-state index contributed by atoms with van der Waals surface area (Å²) in [5, 5.41) is 3.48. The molecule has 0 amide bonds. The van der Waals surface area contributed by atoms with Gasteiger partial charge in [0.2, 0.25) is 0 Å². The van der Waals surface area contributed by atoms with Crippen molar-refractivity contribution in [3.05, 3.63) is 74.7 Å². The first-order valence-electron chi connectivity index (χ1n) is 13.5. The van der Waals surface area contributed by atoms with Crippen molar-refractivity contribution in [1.29, 1.82) is 0 Å². The molecular formula is C29H41N7OS. The molecule has 1 N–H and O–H groups in total. The molecule has 4 aromatic rings. The number of fused-ring (bicyclic) bond motifs is 2. The van der Waals surface area contributed by atoms with Gasteiger partial charge in [-0.15, -0.1) is 0 Å². The van der Waals surface area contributed by atoms with Gasteiger partial charge in [-0.25, -0.2) is 19.9 Å². The molecule has 8 nitrogen and oxygen atoms in total. The van der Waals surface area contributed by atoms with Gasteiger partial charge in [-0.2, -0.15) is 11.8 Å². The summed E-state index contributed by atoms with van der Waals surface area (Å²) in [4.78, 5) is 34.8. The molecule has 204 valence electrons. The monoisotopic (exact) mass is 535 g/mol. The topological polar surface area (TPSA) is 102 Å². The Balaban J connectivity index is 0.000000225. The molecule has 0 atom stereocenters. The number of aryl methyl sites for hydroxylation is 1. The molecule has 0 saturated carbocycles. The highest BCUT2D eigenvalue weighted by atomic mass is 32.2. The number of pyridine rings is 1. The number of nitrogens with zero attached hydrogens (tertiary/aromatic N) is 6. The molecule has 4 aromatic heterocycles. The highest BCUT2D eigenvalue weighted by molar-refractivity contribution is 7.98. The Kier molecular flexibility index (Phi) is 10.2. The lowest BCUT2D eigenvalue weighted by atomic mass is 10.0. The second-order valence-corrected chi connectivity index (χ2v) is 11.1. The second-order valence-electron chi connectivity index (χ2n) is 10.1. The maximum atomic E-state index is 12.4. The van der Waals surface area contributed by atoms with Crippen LogP contribution in [0, 0.1) is 6.92 Å². The Hall–Kier alpha value is -3.07. The summed E-state index contributed by atoms with van der Waals surface area (Å²) in [7, 11) is 0. The Labute approximate surface area is 230 Å². The summed E-state index contributed by atoms with van der Waals surface area (Å²) in [6, 6.07) is 3.86. The lowest BCUT2D eigenvalue weighted by Gasteiger charge is -2.11. The van der Waals surface area contributed by atoms with Gasteiger partial charge >= 0.3 is 0 Å². The van der Waals surface area contributed by atoms with Crippen LogP contribution in [-0.4, -0.2) is 34.7 Å². The standard InChI is InChI=1S/C17H21N5O.C10H14N2S.C2H6/c1-10(2)14-13-16(20-15(19-14)11(3)4)22(21-17(13)23)9-12-6-5-7-18-8-12;1-6(2)10-8-4-13-5-9(8)11-7(3)12-10;1-2/h5-8,10-11H,9H2,1-4H3,(H,21,23);6H,4-5H2,1-3H3;1-2H3. The van der Waals surface area contributed by atoms with Crippen LogP contribution in [0.4, 0.5) is 0 Å². The van der Waals surface area contributed by atoms with Crippen molar-refractivity contribution in [1.82, 2.24) is 34.7 Å². The Morgan fingerprint density at radius 1 is 0.947 bits per heavy atom. The fourth-order valence-corrected chi connectivity index (χ4v) is 5.33. The summed E-state index contributed by atoms with van der Waals surface area (Å²) in [6.45, 7) is 19.1. The SMILES string of the molecule is CC.CC(C)c1nc(C(C)C)c2c(=O)[nH]n(Cc3cccnc3)c2n1.Cc1nc2c(c(C(C)C)n1)CSC2. The number of rotatable bonds is 5. The second kappa shape index (κ2) is 13.1. The smallest absolute Gasteiger partial charge is 0.267 e. The van der Waals surface area contributed by atoms with E-state index in [2.05, 4.69) is 57.7 Å². The minimum absolute atomic E-state index is 0.136. The number of hydrogen-bond donors (Lipinski definition) is 1. The van der Waals surface area contributed by atoms with E-state index in [9.17, 15) is 4.79 Å². The molecule has 1 aliphatic heterocycles. The fourth-order valence-electron chi connectivity index (χ4n) is 4.27. The van der Waals surface area contributed by atoms with E-state index < -0.39 is 0 Å². The van der Waals surface area contributed by atoms with Gasteiger partial charge in [0.25, 0.3) is 5.56 Å². The Morgan fingerprint density at radius 2 is 1.66 bits per heavy atom. The first-order valence-corrected chi connectivity index (χ1v) is 14.6.